The smallest absolute Gasteiger partial charge is 0.244 e. The molecule has 0 unspecified atom stereocenters. The highest BCUT2D eigenvalue weighted by Crippen LogP contribution is 2.24. The van der Waals surface area contributed by atoms with Crippen LogP contribution in [0.15, 0.2) is 53.4 Å². The zero-order valence-corrected chi connectivity index (χ0v) is 15.3. The second kappa shape index (κ2) is 8.13. The van der Waals surface area contributed by atoms with Gasteiger partial charge in [0, 0.05) is 12.2 Å². The number of aryl methyl sites for hydroxylation is 1. The summed E-state index contributed by atoms with van der Waals surface area (Å²) in [5.74, 6) is -0.0927. The quantitative estimate of drug-likeness (QED) is 0.820. The van der Waals surface area contributed by atoms with Gasteiger partial charge in [-0.1, -0.05) is 24.3 Å². The minimum atomic E-state index is -3.87. The van der Waals surface area contributed by atoms with E-state index < -0.39 is 10.0 Å². The fourth-order valence-electron chi connectivity index (χ4n) is 2.43. The molecule has 0 fully saturated rings. The number of hydrogen-bond donors (Lipinski definition) is 1. The molecule has 0 saturated heterocycles. The molecular weight excluding hydrogens is 340 g/mol. The third-order valence-corrected chi connectivity index (χ3v) is 5.13. The maximum atomic E-state index is 12.6. The number of nitrogens with zero attached hydrogens (tertiary/aromatic N) is 1. The number of benzene rings is 2. The van der Waals surface area contributed by atoms with Crippen LogP contribution in [0.5, 0.6) is 5.75 Å². The van der Waals surface area contributed by atoms with Gasteiger partial charge < -0.3 is 9.64 Å². The van der Waals surface area contributed by atoms with Gasteiger partial charge >= 0.3 is 0 Å². The molecule has 0 spiro atoms. The fourth-order valence-corrected chi connectivity index (χ4v) is 3.66. The molecule has 1 N–H and O–H groups in total. The summed E-state index contributed by atoms with van der Waals surface area (Å²) in [4.78, 5) is 14.0. The van der Waals surface area contributed by atoms with Crippen molar-refractivity contribution < 1.29 is 17.9 Å². The van der Waals surface area contributed by atoms with Crippen molar-refractivity contribution in [1.82, 2.24) is 4.72 Å². The molecule has 1 amide bonds. The molecule has 0 radical (unpaired) electrons. The highest BCUT2D eigenvalue weighted by molar-refractivity contribution is 7.89. The average Bonchev–Trinajstić information content (AvgIpc) is 2.61. The van der Waals surface area contributed by atoms with E-state index in [9.17, 15) is 13.2 Å². The molecular formula is C18H22N2O4S. The molecule has 0 aliphatic heterocycles. The first-order valence-corrected chi connectivity index (χ1v) is 9.37. The van der Waals surface area contributed by atoms with Gasteiger partial charge in [0.15, 0.2) is 0 Å². The summed E-state index contributed by atoms with van der Waals surface area (Å²) in [5.41, 5.74) is 1.51. The van der Waals surface area contributed by atoms with Crippen LogP contribution in [-0.2, 0) is 14.8 Å². The van der Waals surface area contributed by atoms with Crippen LogP contribution < -0.4 is 14.4 Å². The highest BCUT2D eigenvalue weighted by atomic mass is 32.2. The Balaban J connectivity index is 2.16. The van der Waals surface area contributed by atoms with Gasteiger partial charge in [0.05, 0.1) is 13.7 Å². The summed E-state index contributed by atoms with van der Waals surface area (Å²) >= 11 is 0. The molecule has 0 aliphatic carbocycles. The predicted octanol–water partition coefficient (Wildman–Crippen LogP) is 2.34. The minimum Gasteiger partial charge on any atom is -0.495 e. The number of anilines is 1. The Kier molecular flexibility index (Phi) is 6.17. The molecule has 0 aromatic heterocycles. The van der Waals surface area contributed by atoms with Crippen molar-refractivity contribution in [2.45, 2.75) is 18.7 Å². The third-order valence-electron chi connectivity index (χ3n) is 3.71. The van der Waals surface area contributed by atoms with Gasteiger partial charge in [-0.05, 0) is 43.7 Å². The summed E-state index contributed by atoms with van der Waals surface area (Å²) in [6.07, 6.45) is 0. The Labute approximate surface area is 148 Å². The summed E-state index contributed by atoms with van der Waals surface area (Å²) in [5, 5.41) is 0. The third kappa shape index (κ3) is 4.58. The van der Waals surface area contributed by atoms with Crippen molar-refractivity contribution >= 4 is 21.6 Å². The van der Waals surface area contributed by atoms with Crippen LogP contribution in [0.25, 0.3) is 0 Å². The van der Waals surface area contributed by atoms with Crippen LogP contribution in [0.4, 0.5) is 5.69 Å². The normalized spacial score (nSPS) is 11.2. The second-order valence-corrected chi connectivity index (χ2v) is 7.19. The van der Waals surface area contributed by atoms with E-state index in [-0.39, 0.29) is 23.1 Å². The summed E-state index contributed by atoms with van der Waals surface area (Å²) in [7, 11) is -2.46. The molecule has 2 aromatic carbocycles. The molecule has 134 valence electrons. The Bertz CT molecular complexity index is 835. The Morgan fingerprint density at radius 1 is 1.16 bits per heavy atom. The van der Waals surface area contributed by atoms with Crippen LogP contribution in [0.1, 0.15) is 12.5 Å². The summed E-state index contributed by atoms with van der Waals surface area (Å²) in [6.45, 7) is 3.74. The maximum Gasteiger partial charge on any atom is 0.244 e. The van der Waals surface area contributed by atoms with Gasteiger partial charge in [0.25, 0.3) is 0 Å². The number of nitrogens with one attached hydrogen (secondary N) is 1. The molecule has 0 saturated carbocycles. The van der Waals surface area contributed by atoms with E-state index in [1.165, 1.54) is 18.1 Å². The number of likely N-dealkylation sites (N-methyl/N-ethyl adjacent to an activating group) is 1. The van der Waals surface area contributed by atoms with E-state index in [1.54, 1.807) is 31.2 Å². The van der Waals surface area contributed by atoms with Crippen molar-refractivity contribution in [3.8, 4) is 5.75 Å². The van der Waals surface area contributed by atoms with Crippen LogP contribution in [0.2, 0.25) is 0 Å². The zero-order valence-electron chi connectivity index (χ0n) is 14.5. The molecule has 2 aromatic rings. The van der Waals surface area contributed by atoms with Gasteiger partial charge in [-0.2, -0.15) is 0 Å². The van der Waals surface area contributed by atoms with Crippen LogP contribution in [0, 0.1) is 6.92 Å². The largest absolute Gasteiger partial charge is 0.495 e. The molecule has 0 aliphatic rings. The maximum absolute atomic E-state index is 12.6. The van der Waals surface area contributed by atoms with Crippen LogP contribution in [-0.4, -0.2) is 34.5 Å². The van der Waals surface area contributed by atoms with Crippen LogP contribution >= 0.6 is 0 Å². The average molecular weight is 362 g/mol. The Morgan fingerprint density at radius 3 is 2.44 bits per heavy atom. The Morgan fingerprint density at radius 2 is 1.84 bits per heavy atom. The second-order valence-electron chi connectivity index (χ2n) is 5.45. The monoisotopic (exact) mass is 362 g/mol. The highest BCUT2D eigenvalue weighted by Gasteiger charge is 2.22. The number of carbonyl (C=O) groups excluding carboxylic acids is 1. The van der Waals surface area contributed by atoms with E-state index in [0.717, 1.165) is 11.3 Å². The van der Waals surface area contributed by atoms with Crippen LogP contribution in [0.3, 0.4) is 0 Å². The molecule has 25 heavy (non-hydrogen) atoms. The summed E-state index contributed by atoms with van der Waals surface area (Å²) in [6, 6.07) is 14.0. The van der Waals surface area contributed by atoms with E-state index >= 15 is 0 Å². The SMILES string of the molecule is CCN(C(=O)CNS(=O)(=O)c1cc(C)ccc1OC)c1ccccc1. The van der Waals surface area contributed by atoms with Crippen molar-refractivity contribution in [2.24, 2.45) is 0 Å². The zero-order chi connectivity index (χ0) is 18.4. The van der Waals surface area contributed by atoms with Crippen molar-refractivity contribution in [3.05, 3.63) is 54.1 Å². The number of ether oxygens (including phenoxy) is 1. The van der Waals surface area contributed by atoms with Gasteiger partial charge in [-0.15, -0.1) is 0 Å². The molecule has 0 atom stereocenters. The molecule has 6 nitrogen and oxygen atoms in total. The van der Waals surface area contributed by atoms with E-state index in [0.29, 0.717) is 6.54 Å². The first-order chi connectivity index (χ1) is 11.9. The minimum absolute atomic E-state index is 0.0190. The van der Waals surface area contributed by atoms with Crippen molar-refractivity contribution in [3.63, 3.8) is 0 Å². The number of carbonyl (C=O) groups is 1. The van der Waals surface area contributed by atoms with Gasteiger partial charge in [-0.3, -0.25) is 4.79 Å². The first-order valence-electron chi connectivity index (χ1n) is 7.88. The molecule has 0 bridgehead atoms. The van der Waals surface area contributed by atoms with Gasteiger partial charge in [0.2, 0.25) is 15.9 Å². The standard InChI is InChI=1S/C18H22N2O4S/c1-4-20(15-8-6-5-7-9-15)18(21)13-19-25(22,23)17-12-14(2)10-11-16(17)24-3/h5-12,19H,4,13H2,1-3H3. The lowest BCUT2D eigenvalue weighted by atomic mass is 10.2. The van der Waals surface area contributed by atoms with Crippen molar-refractivity contribution in [1.29, 1.82) is 0 Å². The number of rotatable bonds is 7. The number of hydrogen-bond acceptors (Lipinski definition) is 4. The Hall–Kier alpha value is -2.38. The molecule has 0 heterocycles. The lowest BCUT2D eigenvalue weighted by molar-refractivity contribution is -0.117. The number of sulfonamides is 1. The summed E-state index contributed by atoms with van der Waals surface area (Å²) < 4.78 is 32.6. The topological polar surface area (TPSA) is 75.7 Å². The van der Waals surface area contributed by atoms with E-state index in [2.05, 4.69) is 4.72 Å². The van der Waals surface area contributed by atoms with Crippen molar-refractivity contribution in [2.75, 3.05) is 25.1 Å². The number of methoxy groups -OCH3 is 1. The van der Waals surface area contributed by atoms with E-state index in [4.69, 9.17) is 4.74 Å². The lowest BCUT2D eigenvalue weighted by Gasteiger charge is -2.21. The first kappa shape index (κ1) is 19.0. The molecule has 7 heteroatoms. The molecule has 2 rings (SSSR count). The fraction of sp³-hybridized carbons (Fsp3) is 0.278. The van der Waals surface area contributed by atoms with E-state index in [1.807, 2.05) is 25.1 Å². The number of para-hydroxylation sites is 1. The van der Waals surface area contributed by atoms with Gasteiger partial charge in [0.1, 0.15) is 10.6 Å². The predicted molar refractivity (Wildman–Crippen MR) is 97.4 cm³/mol. The number of amides is 1. The van der Waals surface area contributed by atoms with Gasteiger partial charge in [-0.25, -0.2) is 13.1 Å². The lowest BCUT2D eigenvalue weighted by Crippen LogP contribution is -2.40.